The van der Waals surface area contributed by atoms with E-state index in [4.69, 9.17) is 14.2 Å². The maximum Gasteiger partial charge on any atom is 0.306 e. The molecule has 0 aromatic heterocycles. The normalized spacial score (nSPS) is 13.5. The van der Waals surface area contributed by atoms with Crippen LogP contribution < -0.4 is 0 Å². The highest BCUT2D eigenvalue weighted by atomic mass is 16.6. The Morgan fingerprint density at radius 3 is 0.826 bits per heavy atom. The maximum absolute atomic E-state index is 12.8. The van der Waals surface area contributed by atoms with Gasteiger partial charge in [-0.2, -0.15) is 0 Å². The fourth-order valence-corrected chi connectivity index (χ4v) is 6.27. The summed E-state index contributed by atoms with van der Waals surface area (Å²) in [6.07, 6.45) is 82.1. The highest BCUT2D eigenvalue weighted by Gasteiger charge is 2.19. The van der Waals surface area contributed by atoms with E-state index in [2.05, 4.69) is 191 Å². The van der Waals surface area contributed by atoms with Crippen LogP contribution in [0.25, 0.3) is 0 Å². The van der Waals surface area contributed by atoms with Crippen molar-refractivity contribution in [2.75, 3.05) is 13.2 Å². The molecule has 0 fully saturated rings. The molecule has 0 unspecified atom stereocenters. The molecule has 382 valence electrons. The molecule has 0 aliphatic carbocycles. The van der Waals surface area contributed by atoms with E-state index in [9.17, 15) is 14.4 Å². The predicted molar refractivity (Wildman–Crippen MR) is 297 cm³/mol. The van der Waals surface area contributed by atoms with Crippen molar-refractivity contribution in [2.24, 2.45) is 0 Å². The van der Waals surface area contributed by atoms with Gasteiger partial charge in [0.05, 0.1) is 0 Å². The van der Waals surface area contributed by atoms with E-state index >= 15 is 0 Å². The Hall–Kier alpha value is -5.23. The van der Waals surface area contributed by atoms with Crippen LogP contribution in [0.1, 0.15) is 188 Å². The Morgan fingerprint density at radius 2 is 0.551 bits per heavy atom. The number of allylic oxidation sites excluding steroid dienone is 28. The molecule has 6 heteroatoms. The van der Waals surface area contributed by atoms with Crippen molar-refractivity contribution in [3.05, 3.63) is 170 Å². The first-order valence-electron chi connectivity index (χ1n) is 26.6. The van der Waals surface area contributed by atoms with Crippen LogP contribution in [-0.4, -0.2) is 37.2 Å². The molecule has 0 radical (unpaired) electrons. The van der Waals surface area contributed by atoms with Crippen molar-refractivity contribution < 1.29 is 28.6 Å². The van der Waals surface area contributed by atoms with Crippen LogP contribution in [0.3, 0.4) is 0 Å². The Bertz CT molecular complexity index is 1650. The number of carbonyl (C=O) groups excluding carboxylic acids is 3. The SMILES string of the molecule is CC/C=C\C/C=C\C/C=C\C/C=C\C/C=C\CCCC(=O)OC[C@H](COC(=O)CCC/C=C\C/C=C\C/C=C\C/C=C\CCCCC)OC(=O)CCC/C=C\C/C=C\C/C=C\C/C=C\C/C=C\CC. The highest BCUT2D eigenvalue weighted by molar-refractivity contribution is 5.71. The van der Waals surface area contributed by atoms with Gasteiger partial charge in [-0.1, -0.05) is 204 Å². The lowest BCUT2D eigenvalue weighted by molar-refractivity contribution is -0.166. The van der Waals surface area contributed by atoms with E-state index in [1.54, 1.807) is 0 Å². The van der Waals surface area contributed by atoms with E-state index in [-0.39, 0.29) is 44.4 Å². The van der Waals surface area contributed by atoms with Gasteiger partial charge in [0.1, 0.15) is 13.2 Å². The Kier molecular flexibility index (Phi) is 51.2. The standard InChI is InChI=1S/C63H94O6/c1-4-7-10-13-16-19-22-25-28-31-34-37-40-43-46-49-52-55-61(64)67-58-60(69-63(66)57-54-51-48-45-42-39-36-33-30-27-24-21-18-15-12-9-6-3)59-68-62(65)56-53-50-47-44-41-38-35-32-29-26-23-20-17-14-11-8-5-2/h7,9-10,12,16-21,25-30,34-39,43-48,60H,4-6,8,11,13-15,22-24,31-33,40-42,49-59H2,1-3H3/b10-7-,12-9-,19-16-,20-17-,21-18-,28-25-,29-26-,30-27-,37-34-,38-35-,39-36-,46-43-,47-44-,48-45-/t60-/m1/s1. The van der Waals surface area contributed by atoms with Gasteiger partial charge in [0.2, 0.25) is 0 Å². The van der Waals surface area contributed by atoms with Crippen molar-refractivity contribution in [1.29, 1.82) is 0 Å². The lowest BCUT2D eigenvalue weighted by Crippen LogP contribution is -2.30. The number of unbranched alkanes of at least 4 members (excludes halogenated alkanes) is 6. The molecule has 0 spiro atoms. The second kappa shape index (κ2) is 55.4. The van der Waals surface area contributed by atoms with Gasteiger partial charge in [-0.05, 0) is 135 Å². The van der Waals surface area contributed by atoms with Crippen molar-refractivity contribution >= 4 is 17.9 Å². The summed E-state index contributed by atoms with van der Waals surface area (Å²) in [6.45, 7) is 6.20. The van der Waals surface area contributed by atoms with Crippen LogP contribution in [0.5, 0.6) is 0 Å². The van der Waals surface area contributed by atoms with Crippen molar-refractivity contribution in [3.63, 3.8) is 0 Å². The molecule has 0 aliphatic heterocycles. The van der Waals surface area contributed by atoms with E-state index in [0.717, 1.165) is 103 Å². The first kappa shape index (κ1) is 63.8. The fraction of sp³-hybridized carbons (Fsp3) is 0.508. The average Bonchev–Trinajstić information content (AvgIpc) is 3.35. The topological polar surface area (TPSA) is 78.9 Å². The summed E-state index contributed by atoms with van der Waals surface area (Å²) in [6, 6.07) is 0. The second-order valence-corrected chi connectivity index (χ2v) is 16.7. The minimum atomic E-state index is -0.862. The molecule has 0 saturated carbocycles. The summed E-state index contributed by atoms with van der Waals surface area (Å²) in [5.74, 6) is -1.14. The third-order valence-corrected chi connectivity index (χ3v) is 10.2. The summed E-state index contributed by atoms with van der Waals surface area (Å²) < 4.78 is 16.7. The van der Waals surface area contributed by atoms with E-state index < -0.39 is 12.1 Å². The molecular weight excluding hydrogens is 853 g/mol. The van der Waals surface area contributed by atoms with E-state index in [1.807, 2.05) is 0 Å². The highest BCUT2D eigenvalue weighted by Crippen LogP contribution is 2.09. The molecule has 6 nitrogen and oxygen atoms in total. The summed E-state index contributed by atoms with van der Waals surface area (Å²) >= 11 is 0. The van der Waals surface area contributed by atoms with Crippen molar-refractivity contribution in [2.45, 2.75) is 194 Å². The summed E-state index contributed by atoms with van der Waals surface area (Å²) in [7, 11) is 0. The van der Waals surface area contributed by atoms with Gasteiger partial charge in [-0.3, -0.25) is 14.4 Å². The number of esters is 3. The molecule has 0 aromatic rings. The molecule has 0 bridgehead atoms. The zero-order valence-electron chi connectivity index (χ0n) is 43.5. The first-order chi connectivity index (χ1) is 34.0. The number of carbonyl (C=O) groups is 3. The van der Waals surface area contributed by atoms with Crippen LogP contribution in [0.2, 0.25) is 0 Å². The average molecular weight is 947 g/mol. The maximum atomic E-state index is 12.8. The van der Waals surface area contributed by atoms with Crippen LogP contribution in [-0.2, 0) is 28.6 Å². The predicted octanol–water partition coefficient (Wildman–Crippen LogP) is 18.0. The van der Waals surface area contributed by atoms with Crippen LogP contribution >= 0.6 is 0 Å². The quantitative estimate of drug-likeness (QED) is 0.0262. The summed E-state index contributed by atoms with van der Waals surface area (Å²) in [4.78, 5) is 38.0. The van der Waals surface area contributed by atoms with Crippen molar-refractivity contribution in [3.8, 4) is 0 Å². The third-order valence-electron chi connectivity index (χ3n) is 10.2. The monoisotopic (exact) mass is 947 g/mol. The van der Waals surface area contributed by atoms with Gasteiger partial charge in [-0.15, -0.1) is 0 Å². The zero-order chi connectivity index (χ0) is 50.0. The van der Waals surface area contributed by atoms with Gasteiger partial charge in [0.15, 0.2) is 6.10 Å². The minimum absolute atomic E-state index is 0.156. The number of rotatable bonds is 45. The summed E-state index contributed by atoms with van der Waals surface area (Å²) in [5.41, 5.74) is 0. The third kappa shape index (κ3) is 53.6. The lowest BCUT2D eigenvalue weighted by atomic mass is 10.2. The molecule has 0 N–H and O–H groups in total. The van der Waals surface area contributed by atoms with Gasteiger partial charge in [0.25, 0.3) is 0 Å². The molecular formula is C63H94O6. The number of ether oxygens (including phenoxy) is 3. The van der Waals surface area contributed by atoms with Gasteiger partial charge in [-0.25, -0.2) is 0 Å². The number of hydrogen-bond donors (Lipinski definition) is 0. The largest absolute Gasteiger partial charge is 0.462 e. The van der Waals surface area contributed by atoms with Crippen LogP contribution in [0.4, 0.5) is 0 Å². The number of hydrogen-bond acceptors (Lipinski definition) is 6. The Labute approximate surface area is 422 Å². The smallest absolute Gasteiger partial charge is 0.306 e. The Morgan fingerprint density at radius 1 is 0.304 bits per heavy atom. The van der Waals surface area contributed by atoms with Gasteiger partial charge in [0, 0.05) is 19.3 Å². The Balaban J connectivity index is 4.70. The lowest BCUT2D eigenvalue weighted by Gasteiger charge is -2.18. The minimum Gasteiger partial charge on any atom is -0.462 e. The first-order valence-corrected chi connectivity index (χ1v) is 26.6. The molecule has 0 rings (SSSR count). The molecule has 0 aromatic carbocycles. The molecule has 0 saturated heterocycles. The van der Waals surface area contributed by atoms with E-state index in [0.29, 0.717) is 19.3 Å². The molecule has 69 heavy (non-hydrogen) atoms. The fourth-order valence-electron chi connectivity index (χ4n) is 6.27. The van der Waals surface area contributed by atoms with Gasteiger partial charge < -0.3 is 14.2 Å². The molecule has 0 aliphatic rings. The van der Waals surface area contributed by atoms with Crippen LogP contribution in [0, 0.1) is 0 Å². The molecule has 0 amide bonds. The molecule has 0 heterocycles. The zero-order valence-corrected chi connectivity index (χ0v) is 43.5. The van der Waals surface area contributed by atoms with Crippen molar-refractivity contribution in [1.82, 2.24) is 0 Å². The second-order valence-electron chi connectivity index (χ2n) is 16.7. The van der Waals surface area contributed by atoms with Gasteiger partial charge >= 0.3 is 17.9 Å². The molecule has 1 atom stereocenters. The summed E-state index contributed by atoms with van der Waals surface area (Å²) in [5, 5.41) is 0. The van der Waals surface area contributed by atoms with E-state index in [1.165, 1.54) is 25.7 Å². The van der Waals surface area contributed by atoms with Crippen LogP contribution in [0.15, 0.2) is 170 Å².